The number of methoxy groups -OCH3 is 1. The van der Waals surface area contributed by atoms with E-state index in [4.69, 9.17) is 0 Å². The molecule has 0 N–H and O–H groups in total. The molecule has 1 aromatic rings. The molecule has 1 aromatic carbocycles. The number of carbonyl (C=O) groups is 1. The highest BCUT2D eigenvalue weighted by molar-refractivity contribution is 8.00. The van der Waals surface area contributed by atoms with Crippen LogP contribution in [-0.2, 0) is 0 Å². The lowest BCUT2D eigenvalue weighted by Gasteiger charge is -2.14. The number of alkyl halides is 3. The zero-order chi connectivity index (χ0) is 12.3. The van der Waals surface area contributed by atoms with Crippen LogP contribution in [0.25, 0.3) is 0 Å². The van der Waals surface area contributed by atoms with Gasteiger partial charge in [0.05, 0.1) is 18.0 Å². The second kappa shape index (κ2) is 4.65. The highest BCUT2D eigenvalue weighted by Crippen LogP contribution is 2.42. The third-order valence-electron chi connectivity index (χ3n) is 1.63. The van der Waals surface area contributed by atoms with Crippen LogP contribution in [0, 0.1) is 0 Å². The van der Waals surface area contributed by atoms with Crippen LogP contribution in [0.5, 0.6) is 5.75 Å². The number of ether oxygens (including phenoxy) is 1. The molecular formula is C9H6F3O3S-. The number of benzene rings is 1. The van der Waals surface area contributed by atoms with E-state index < -0.39 is 28.8 Å². The zero-order valence-electron chi connectivity index (χ0n) is 8.00. The van der Waals surface area contributed by atoms with Crippen LogP contribution < -0.4 is 9.84 Å². The van der Waals surface area contributed by atoms with E-state index in [2.05, 4.69) is 4.74 Å². The molecular weight excluding hydrogens is 245 g/mol. The summed E-state index contributed by atoms with van der Waals surface area (Å²) in [6.07, 6.45) is 0. The topological polar surface area (TPSA) is 49.4 Å². The lowest BCUT2D eigenvalue weighted by atomic mass is 10.2. The molecule has 0 spiro atoms. The Morgan fingerprint density at radius 3 is 2.50 bits per heavy atom. The molecule has 0 saturated heterocycles. The predicted molar refractivity (Wildman–Crippen MR) is 49.2 cm³/mol. The van der Waals surface area contributed by atoms with Crippen LogP contribution >= 0.6 is 11.8 Å². The van der Waals surface area contributed by atoms with Crippen molar-refractivity contribution in [2.75, 3.05) is 7.11 Å². The summed E-state index contributed by atoms with van der Waals surface area (Å²) in [4.78, 5) is 10.3. The summed E-state index contributed by atoms with van der Waals surface area (Å²) in [6.45, 7) is 0. The van der Waals surface area contributed by atoms with Crippen molar-refractivity contribution in [1.82, 2.24) is 0 Å². The number of carboxylic acid groups (broad SMARTS) is 1. The number of hydrogen-bond donors (Lipinski definition) is 0. The maximum atomic E-state index is 12.1. The van der Waals surface area contributed by atoms with Crippen LogP contribution in [-0.4, -0.2) is 18.6 Å². The van der Waals surface area contributed by atoms with Gasteiger partial charge in [0, 0.05) is 5.56 Å². The number of para-hydroxylation sites is 1. The van der Waals surface area contributed by atoms with Gasteiger partial charge in [0.2, 0.25) is 0 Å². The monoisotopic (exact) mass is 251 g/mol. The Morgan fingerprint density at radius 1 is 1.44 bits per heavy atom. The smallest absolute Gasteiger partial charge is 0.446 e. The third-order valence-corrected chi connectivity index (χ3v) is 2.40. The van der Waals surface area contributed by atoms with Crippen LogP contribution in [0.1, 0.15) is 10.4 Å². The quantitative estimate of drug-likeness (QED) is 0.767. The van der Waals surface area contributed by atoms with Crippen LogP contribution in [0.2, 0.25) is 0 Å². The lowest BCUT2D eigenvalue weighted by Crippen LogP contribution is -2.23. The van der Waals surface area contributed by atoms with Gasteiger partial charge in [-0.25, -0.2) is 0 Å². The molecule has 1 rings (SSSR count). The Hall–Kier alpha value is -1.37. The van der Waals surface area contributed by atoms with Crippen LogP contribution in [0.15, 0.2) is 23.1 Å². The number of rotatable bonds is 3. The summed E-state index contributed by atoms with van der Waals surface area (Å²) >= 11 is -0.433. The number of aromatic carboxylic acids is 1. The molecule has 3 nitrogen and oxygen atoms in total. The van der Waals surface area contributed by atoms with Gasteiger partial charge in [0.25, 0.3) is 0 Å². The standard InChI is InChI=1S/C9H7F3O3S/c1-15-7-5(8(13)14)3-2-4-6(7)16-9(10,11)12/h2-4H,1H3,(H,13,14)/p-1. The zero-order valence-corrected chi connectivity index (χ0v) is 8.82. The third kappa shape index (κ3) is 3.06. The summed E-state index contributed by atoms with van der Waals surface area (Å²) in [5.74, 6) is -1.92. The molecule has 7 heteroatoms. The van der Waals surface area contributed by atoms with Crippen molar-refractivity contribution < 1.29 is 27.8 Å². The van der Waals surface area contributed by atoms with Gasteiger partial charge in [-0.2, -0.15) is 13.2 Å². The van der Waals surface area contributed by atoms with Crippen molar-refractivity contribution in [3.05, 3.63) is 23.8 Å². The van der Waals surface area contributed by atoms with E-state index in [9.17, 15) is 23.1 Å². The molecule has 88 valence electrons. The summed E-state index contributed by atoms with van der Waals surface area (Å²) in [5, 5.41) is 10.6. The summed E-state index contributed by atoms with van der Waals surface area (Å²) in [6, 6.07) is 3.44. The maximum absolute atomic E-state index is 12.1. The highest BCUT2D eigenvalue weighted by Gasteiger charge is 2.31. The van der Waals surface area contributed by atoms with E-state index in [-0.39, 0.29) is 10.6 Å². The molecule has 0 unspecified atom stereocenters. The minimum Gasteiger partial charge on any atom is -0.545 e. The molecule has 0 aliphatic carbocycles. The first-order valence-corrected chi connectivity index (χ1v) is 4.81. The predicted octanol–water partition coefficient (Wildman–Crippen LogP) is 1.67. The van der Waals surface area contributed by atoms with Gasteiger partial charge in [-0.3, -0.25) is 0 Å². The average Bonchev–Trinajstić information content (AvgIpc) is 2.14. The van der Waals surface area contributed by atoms with Gasteiger partial charge in [0.15, 0.2) is 0 Å². The molecule has 0 heterocycles. The minimum atomic E-state index is -4.50. The van der Waals surface area contributed by atoms with Gasteiger partial charge in [-0.05, 0) is 23.9 Å². The lowest BCUT2D eigenvalue weighted by molar-refractivity contribution is -0.255. The Kier molecular flexibility index (Phi) is 3.69. The van der Waals surface area contributed by atoms with Crippen molar-refractivity contribution in [2.45, 2.75) is 10.4 Å². The largest absolute Gasteiger partial charge is 0.545 e. The van der Waals surface area contributed by atoms with E-state index in [1.54, 1.807) is 0 Å². The van der Waals surface area contributed by atoms with Gasteiger partial charge < -0.3 is 14.6 Å². The Balaban J connectivity index is 3.19. The van der Waals surface area contributed by atoms with Crippen molar-refractivity contribution in [2.24, 2.45) is 0 Å². The molecule has 0 aromatic heterocycles. The van der Waals surface area contributed by atoms with E-state index in [1.807, 2.05) is 0 Å². The fourth-order valence-electron chi connectivity index (χ4n) is 1.09. The van der Waals surface area contributed by atoms with Crippen molar-refractivity contribution in [1.29, 1.82) is 0 Å². The van der Waals surface area contributed by atoms with E-state index in [0.29, 0.717) is 0 Å². The average molecular weight is 251 g/mol. The molecule has 0 bridgehead atoms. The molecule has 0 saturated carbocycles. The second-order valence-electron chi connectivity index (χ2n) is 2.67. The normalized spacial score (nSPS) is 11.2. The maximum Gasteiger partial charge on any atom is 0.446 e. The molecule has 0 aliphatic rings. The number of carbonyl (C=O) groups excluding carboxylic acids is 1. The minimum absolute atomic E-state index is 0.309. The number of hydrogen-bond acceptors (Lipinski definition) is 4. The molecule has 16 heavy (non-hydrogen) atoms. The van der Waals surface area contributed by atoms with Crippen molar-refractivity contribution in [3.63, 3.8) is 0 Å². The number of thioether (sulfide) groups is 1. The first-order valence-electron chi connectivity index (χ1n) is 3.99. The molecule has 0 amide bonds. The fourth-order valence-corrected chi connectivity index (χ4v) is 1.77. The molecule has 0 fully saturated rings. The van der Waals surface area contributed by atoms with Crippen LogP contribution in [0.4, 0.5) is 13.2 Å². The van der Waals surface area contributed by atoms with E-state index in [1.165, 1.54) is 6.07 Å². The summed E-state index contributed by atoms with van der Waals surface area (Å²) in [5.41, 5.74) is -4.91. The molecule has 0 atom stereocenters. The first kappa shape index (κ1) is 12.7. The van der Waals surface area contributed by atoms with Gasteiger partial charge in [-0.1, -0.05) is 6.07 Å². The SMILES string of the molecule is COc1c(SC(F)(F)F)cccc1C(=O)[O-]. The van der Waals surface area contributed by atoms with Crippen LogP contribution in [0.3, 0.4) is 0 Å². The van der Waals surface area contributed by atoms with E-state index >= 15 is 0 Å². The highest BCUT2D eigenvalue weighted by atomic mass is 32.2. The Labute approximate surface area is 93.2 Å². The van der Waals surface area contributed by atoms with Gasteiger partial charge >= 0.3 is 5.51 Å². The first-order chi connectivity index (χ1) is 7.35. The van der Waals surface area contributed by atoms with E-state index in [0.717, 1.165) is 19.2 Å². The fraction of sp³-hybridized carbons (Fsp3) is 0.222. The molecule has 0 aliphatic heterocycles. The van der Waals surface area contributed by atoms with Gasteiger partial charge in [-0.15, -0.1) is 0 Å². The number of halogens is 3. The van der Waals surface area contributed by atoms with Gasteiger partial charge in [0.1, 0.15) is 5.75 Å². The van der Waals surface area contributed by atoms with Crippen molar-refractivity contribution in [3.8, 4) is 5.75 Å². The molecule has 0 radical (unpaired) electrons. The summed E-state index contributed by atoms with van der Waals surface area (Å²) in [7, 11) is 1.10. The summed E-state index contributed by atoms with van der Waals surface area (Å²) < 4.78 is 41.0. The Morgan fingerprint density at radius 2 is 2.06 bits per heavy atom. The second-order valence-corrected chi connectivity index (χ2v) is 3.78. The Bertz CT molecular complexity index is 403. The number of carboxylic acids is 1. The van der Waals surface area contributed by atoms with Crippen molar-refractivity contribution >= 4 is 17.7 Å².